The molecule has 34 heavy (non-hydrogen) atoms. The Bertz CT molecular complexity index is 1350. The SMILES string of the molecule is O=C(O)CC(NC(=O)c1cc(O)n(-c2ccccc2F)n1)c1ccc(-c2ccccc2F)cc1. The molecule has 9 heteroatoms. The highest BCUT2D eigenvalue weighted by atomic mass is 19.1. The molecule has 0 spiro atoms. The molecule has 0 aliphatic heterocycles. The van der Waals surface area contributed by atoms with E-state index < -0.39 is 41.9 Å². The highest BCUT2D eigenvalue weighted by Crippen LogP contribution is 2.26. The van der Waals surface area contributed by atoms with Gasteiger partial charge in [-0.3, -0.25) is 9.59 Å². The van der Waals surface area contributed by atoms with Gasteiger partial charge in [0.05, 0.1) is 12.5 Å². The fourth-order valence-corrected chi connectivity index (χ4v) is 3.53. The summed E-state index contributed by atoms with van der Waals surface area (Å²) >= 11 is 0. The number of rotatable bonds is 7. The maximum Gasteiger partial charge on any atom is 0.305 e. The summed E-state index contributed by atoms with van der Waals surface area (Å²) in [6.45, 7) is 0. The van der Waals surface area contributed by atoms with Crippen LogP contribution in [0, 0.1) is 11.6 Å². The summed E-state index contributed by atoms with van der Waals surface area (Å²) < 4.78 is 29.0. The first kappa shape index (κ1) is 22.7. The molecule has 3 aromatic carbocycles. The first-order valence-corrected chi connectivity index (χ1v) is 10.2. The third-order valence-electron chi connectivity index (χ3n) is 5.19. The minimum atomic E-state index is -1.15. The zero-order chi connectivity index (χ0) is 24.2. The van der Waals surface area contributed by atoms with E-state index in [1.54, 1.807) is 48.5 Å². The van der Waals surface area contributed by atoms with E-state index in [0.717, 1.165) is 10.7 Å². The number of amides is 1. The van der Waals surface area contributed by atoms with Crippen LogP contribution in [0.4, 0.5) is 8.78 Å². The van der Waals surface area contributed by atoms with E-state index in [4.69, 9.17) is 0 Å². The number of aliphatic carboxylic acids is 1. The number of carboxylic acids is 1. The summed E-state index contributed by atoms with van der Waals surface area (Å²) in [5.41, 5.74) is 1.19. The van der Waals surface area contributed by atoms with Crippen LogP contribution in [-0.2, 0) is 4.79 Å². The highest BCUT2D eigenvalue weighted by Gasteiger charge is 2.22. The molecular formula is C25H19F2N3O4. The van der Waals surface area contributed by atoms with Crippen molar-refractivity contribution in [2.24, 2.45) is 0 Å². The summed E-state index contributed by atoms with van der Waals surface area (Å²) in [6, 6.07) is 18.4. The topological polar surface area (TPSA) is 104 Å². The second-order valence-corrected chi connectivity index (χ2v) is 7.48. The lowest BCUT2D eigenvalue weighted by Crippen LogP contribution is -2.30. The van der Waals surface area contributed by atoms with Gasteiger partial charge in [-0.05, 0) is 29.3 Å². The first-order chi connectivity index (χ1) is 16.3. The van der Waals surface area contributed by atoms with Crippen LogP contribution >= 0.6 is 0 Å². The quantitative estimate of drug-likeness (QED) is 0.375. The molecule has 1 aromatic heterocycles. The van der Waals surface area contributed by atoms with Gasteiger partial charge < -0.3 is 15.5 Å². The zero-order valence-corrected chi connectivity index (χ0v) is 17.7. The van der Waals surface area contributed by atoms with Crippen LogP contribution < -0.4 is 5.32 Å². The Morgan fingerprint density at radius 3 is 2.24 bits per heavy atom. The summed E-state index contributed by atoms with van der Waals surface area (Å²) in [5, 5.41) is 26.0. The number of nitrogens with zero attached hydrogens (tertiary/aromatic N) is 2. The molecule has 0 bridgehead atoms. The van der Waals surface area contributed by atoms with Crippen molar-refractivity contribution in [2.45, 2.75) is 12.5 Å². The van der Waals surface area contributed by atoms with Gasteiger partial charge in [-0.1, -0.05) is 54.6 Å². The number of aromatic hydroxyl groups is 1. The monoisotopic (exact) mass is 463 g/mol. The minimum Gasteiger partial charge on any atom is -0.493 e. The molecule has 1 heterocycles. The van der Waals surface area contributed by atoms with Crippen LogP contribution in [0.3, 0.4) is 0 Å². The number of para-hydroxylation sites is 1. The summed E-state index contributed by atoms with van der Waals surface area (Å²) in [5.74, 6) is -3.40. The Kier molecular flexibility index (Phi) is 6.35. The van der Waals surface area contributed by atoms with E-state index in [9.17, 15) is 28.6 Å². The standard InChI is InChI=1S/C25H19F2N3O4/c26-18-6-2-1-5-17(18)15-9-11-16(12-10-15)20(14-24(32)33)28-25(34)21-13-23(31)30(29-21)22-8-4-3-7-19(22)27/h1-13,20,31H,14H2,(H,28,34)(H,32,33). The second-order valence-electron chi connectivity index (χ2n) is 7.48. The van der Waals surface area contributed by atoms with Gasteiger partial charge >= 0.3 is 5.97 Å². The molecule has 0 saturated heterocycles. The van der Waals surface area contributed by atoms with Crippen molar-refractivity contribution in [1.29, 1.82) is 0 Å². The number of carboxylic acid groups (broad SMARTS) is 1. The van der Waals surface area contributed by atoms with Gasteiger partial charge in [0.1, 0.15) is 17.3 Å². The fourth-order valence-electron chi connectivity index (χ4n) is 3.53. The summed E-state index contributed by atoms with van der Waals surface area (Å²) in [4.78, 5) is 24.2. The molecular weight excluding hydrogens is 444 g/mol. The molecule has 0 fully saturated rings. The Morgan fingerprint density at radius 2 is 1.59 bits per heavy atom. The van der Waals surface area contributed by atoms with Gasteiger partial charge in [0.2, 0.25) is 5.88 Å². The Labute approximate surface area is 192 Å². The summed E-state index contributed by atoms with van der Waals surface area (Å²) in [7, 11) is 0. The van der Waals surface area contributed by atoms with Gasteiger partial charge in [0.25, 0.3) is 5.91 Å². The Hall–Kier alpha value is -4.53. The van der Waals surface area contributed by atoms with Crippen molar-refractivity contribution in [3.63, 3.8) is 0 Å². The average Bonchev–Trinajstić information content (AvgIpc) is 3.20. The van der Waals surface area contributed by atoms with E-state index in [-0.39, 0.29) is 11.4 Å². The number of benzene rings is 3. The molecule has 7 nitrogen and oxygen atoms in total. The van der Waals surface area contributed by atoms with Crippen LogP contribution in [0.5, 0.6) is 5.88 Å². The average molecular weight is 463 g/mol. The predicted octanol–water partition coefficient (Wildman–Crippen LogP) is 4.47. The van der Waals surface area contributed by atoms with Crippen molar-refractivity contribution in [1.82, 2.24) is 15.1 Å². The number of hydrogen-bond acceptors (Lipinski definition) is 4. The molecule has 4 rings (SSSR count). The lowest BCUT2D eigenvalue weighted by molar-refractivity contribution is -0.137. The third kappa shape index (κ3) is 4.78. The number of carbonyl (C=O) groups is 2. The van der Waals surface area contributed by atoms with E-state index in [1.165, 1.54) is 24.3 Å². The van der Waals surface area contributed by atoms with Crippen molar-refractivity contribution >= 4 is 11.9 Å². The maximum atomic E-state index is 14.1. The van der Waals surface area contributed by atoms with Gasteiger partial charge in [0, 0.05) is 11.6 Å². The lowest BCUT2D eigenvalue weighted by Gasteiger charge is -2.17. The smallest absolute Gasteiger partial charge is 0.305 e. The lowest BCUT2D eigenvalue weighted by atomic mass is 9.98. The molecule has 0 radical (unpaired) electrons. The number of aromatic nitrogens is 2. The third-order valence-corrected chi connectivity index (χ3v) is 5.19. The Balaban J connectivity index is 1.58. The molecule has 0 aliphatic rings. The molecule has 1 amide bonds. The molecule has 3 N–H and O–H groups in total. The van der Waals surface area contributed by atoms with Crippen LogP contribution in [-0.4, -0.2) is 31.9 Å². The molecule has 0 saturated carbocycles. The van der Waals surface area contributed by atoms with Crippen molar-refractivity contribution < 1.29 is 28.6 Å². The number of carbonyl (C=O) groups excluding carboxylic acids is 1. The van der Waals surface area contributed by atoms with Crippen LogP contribution in [0.15, 0.2) is 78.9 Å². The molecule has 4 aromatic rings. The molecule has 172 valence electrons. The van der Waals surface area contributed by atoms with Crippen molar-refractivity contribution in [3.05, 3.63) is 102 Å². The molecule has 1 unspecified atom stereocenters. The highest BCUT2D eigenvalue weighted by molar-refractivity contribution is 5.93. The minimum absolute atomic E-state index is 0.0510. The van der Waals surface area contributed by atoms with Gasteiger partial charge in [-0.25, -0.2) is 8.78 Å². The van der Waals surface area contributed by atoms with Crippen LogP contribution in [0.25, 0.3) is 16.8 Å². The van der Waals surface area contributed by atoms with E-state index in [1.807, 2.05) is 0 Å². The van der Waals surface area contributed by atoms with Gasteiger partial charge in [0.15, 0.2) is 5.69 Å². The zero-order valence-electron chi connectivity index (χ0n) is 17.7. The van der Waals surface area contributed by atoms with E-state index in [0.29, 0.717) is 16.7 Å². The predicted molar refractivity (Wildman–Crippen MR) is 119 cm³/mol. The largest absolute Gasteiger partial charge is 0.493 e. The normalized spacial score (nSPS) is 11.7. The second kappa shape index (κ2) is 9.53. The van der Waals surface area contributed by atoms with Crippen molar-refractivity contribution in [2.75, 3.05) is 0 Å². The number of nitrogens with one attached hydrogen (secondary N) is 1. The fraction of sp³-hybridized carbons (Fsp3) is 0.0800. The van der Waals surface area contributed by atoms with Gasteiger partial charge in [-0.2, -0.15) is 9.78 Å². The molecule has 1 atom stereocenters. The maximum absolute atomic E-state index is 14.1. The number of hydrogen-bond donors (Lipinski definition) is 3. The number of halogens is 2. The van der Waals surface area contributed by atoms with E-state index in [2.05, 4.69) is 10.4 Å². The van der Waals surface area contributed by atoms with E-state index >= 15 is 0 Å². The summed E-state index contributed by atoms with van der Waals surface area (Å²) in [6.07, 6.45) is -0.426. The molecule has 0 aliphatic carbocycles. The first-order valence-electron chi connectivity index (χ1n) is 10.2. The Morgan fingerprint density at radius 1 is 0.941 bits per heavy atom. The van der Waals surface area contributed by atoms with Crippen LogP contribution in [0.1, 0.15) is 28.5 Å². The van der Waals surface area contributed by atoms with Crippen LogP contribution in [0.2, 0.25) is 0 Å². The van der Waals surface area contributed by atoms with Crippen molar-refractivity contribution in [3.8, 4) is 22.7 Å². The van der Waals surface area contributed by atoms with Gasteiger partial charge in [-0.15, -0.1) is 0 Å².